The number of Topliss-reactive ketones (excluding diaryl/α,β-unsaturated/α-hetero) is 1. The molecule has 28 heavy (non-hydrogen) atoms. The van der Waals surface area contributed by atoms with Gasteiger partial charge in [-0.25, -0.2) is 9.59 Å². The number of carbonyl (C=O) groups is 3. The highest BCUT2D eigenvalue weighted by Gasteiger charge is 2.24. The number of esters is 2. The predicted octanol–water partition coefficient (Wildman–Crippen LogP) is 3.50. The summed E-state index contributed by atoms with van der Waals surface area (Å²) in [5.74, 6) is -1.54. The van der Waals surface area contributed by atoms with Gasteiger partial charge >= 0.3 is 11.9 Å². The minimum absolute atomic E-state index is 0.137. The van der Waals surface area contributed by atoms with E-state index in [1.807, 2.05) is 25.1 Å². The van der Waals surface area contributed by atoms with Gasteiger partial charge in [0.05, 0.1) is 12.7 Å². The van der Waals surface area contributed by atoms with Gasteiger partial charge < -0.3 is 19.4 Å². The topological polar surface area (TPSA) is 101 Å². The Bertz CT molecular complexity index is 1070. The number of ether oxygens (including phenoxy) is 2. The van der Waals surface area contributed by atoms with Crippen LogP contribution in [0.4, 0.5) is 0 Å². The highest BCUT2D eigenvalue weighted by molar-refractivity contribution is 6.09. The Hall–Kier alpha value is -3.35. The van der Waals surface area contributed by atoms with Crippen LogP contribution in [0.15, 0.2) is 24.4 Å². The Labute approximate surface area is 162 Å². The van der Waals surface area contributed by atoms with E-state index in [2.05, 4.69) is 9.97 Å². The highest BCUT2D eigenvalue weighted by atomic mass is 16.5. The summed E-state index contributed by atoms with van der Waals surface area (Å²) in [5, 5.41) is 0.806. The molecule has 2 N–H and O–H groups in total. The molecule has 2 heterocycles. The molecule has 0 bridgehead atoms. The van der Waals surface area contributed by atoms with E-state index in [1.54, 1.807) is 20.0 Å². The van der Waals surface area contributed by atoms with Crippen LogP contribution in [-0.2, 0) is 15.9 Å². The molecule has 0 unspecified atom stereocenters. The van der Waals surface area contributed by atoms with Gasteiger partial charge in [0, 0.05) is 28.4 Å². The number of methoxy groups -OCH3 is 1. The third kappa shape index (κ3) is 3.31. The fraction of sp³-hybridized carbons (Fsp3) is 0.286. The molecule has 0 aliphatic heterocycles. The number of rotatable bonds is 6. The van der Waals surface area contributed by atoms with Crippen molar-refractivity contribution in [1.82, 2.24) is 9.97 Å². The molecule has 0 radical (unpaired) electrons. The first kappa shape index (κ1) is 19.4. The molecule has 3 rings (SSSR count). The van der Waals surface area contributed by atoms with E-state index in [-0.39, 0.29) is 11.5 Å². The molecule has 0 aliphatic carbocycles. The largest absolute Gasteiger partial charge is 0.465 e. The van der Waals surface area contributed by atoms with Crippen molar-refractivity contribution in [3.63, 3.8) is 0 Å². The van der Waals surface area contributed by atoms with Gasteiger partial charge in [0.25, 0.3) is 0 Å². The second-order valence-electron chi connectivity index (χ2n) is 6.51. The lowest BCUT2D eigenvalue weighted by Crippen LogP contribution is -2.15. The number of hydrogen-bond acceptors (Lipinski definition) is 5. The van der Waals surface area contributed by atoms with Crippen molar-refractivity contribution >= 4 is 28.6 Å². The molecule has 7 nitrogen and oxygen atoms in total. The molecule has 0 amide bonds. The Morgan fingerprint density at radius 1 is 1.11 bits per heavy atom. The van der Waals surface area contributed by atoms with E-state index in [0.29, 0.717) is 22.4 Å². The number of nitrogens with one attached hydrogen (secondary N) is 2. The van der Waals surface area contributed by atoms with E-state index in [9.17, 15) is 14.4 Å². The summed E-state index contributed by atoms with van der Waals surface area (Å²) >= 11 is 0. The summed E-state index contributed by atoms with van der Waals surface area (Å²) in [6, 6.07) is 5.76. The molecule has 7 heteroatoms. The monoisotopic (exact) mass is 382 g/mol. The second-order valence-corrected chi connectivity index (χ2v) is 6.51. The van der Waals surface area contributed by atoms with E-state index in [1.165, 1.54) is 7.11 Å². The maximum absolute atomic E-state index is 12.6. The number of carbonyl (C=O) groups excluding carboxylic acids is 3. The number of aromatic nitrogens is 2. The van der Waals surface area contributed by atoms with Crippen molar-refractivity contribution in [1.29, 1.82) is 0 Å². The molecular weight excluding hydrogens is 360 g/mol. The van der Waals surface area contributed by atoms with Crippen molar-refractivity contribution in [2.75, 3.05) is 13.7 Å². The van der Waals surface area contributed by atoms with Gasteiger partial charge in [0.2, 0.25) is 5.78 Å². The Morgan fingerprint density at radius 2 is 1.86 bits per heavy atom. The average Bonchev–Trinajstić information content (AvgIpc) is 3.26. The number of para-hydroxylation sites is 1. The van der Waals surface area contributed by atoms with Gasteiger partial charge in [-0.2, -0.15) is 0 Å². The van der Waals surface area contributed by atoms with Crippen molar-refractivity contribution in [3.8, 4) is 0 Å². The summed E-state index contributed by atoms with van der Waals surface area (Å²) in [7, 11) is 1.27. The van der Waals surface area contributed by atoms with Crippen LogP contribution in [0.2, 0.25) is 0 Å². The summed E-state index contributed by atoms with van der Waals surface area (Å²) in [6.07, 6.45) is 2.48. The molecule has 1 aromatic carbocycles. The fourth-order valence-corrected chi connectivity index (χ4v) is 3.39. The average molecular weight is 382 g/mol. The summed E-state index contributed by atoms with van der Waals surface area (Å²) in [5.41, 5.74) is 3.88. The lowest BCUT2D eigenvalue weighted by molar-refractivity contribution is 0.0469. The third-order valence-corrected chi connectivity index (χ3v) is 4.85. The van der Waals surface area contributed by atoms with Crippen LogP contribution in [-0.4, -0.2) is 41.4 Å². The summed E-state index contributed by atoms with van der Waals surface area (Å²) < 4.78 is 9.93. The van der Waals surface area contributed by atoms with Gasteiger partial charge in [-0.1, -0.05) is 25.1 Å². The maximum atomic E-state index is 12.6. The standard InChI is InChI=1S/C21H22N2O5/c1-5-13-7-6-8-14-15(9-22-19(13)14)16(24)10-28-21(26)18-11(2)17(12(3)23-18)20(25)27-4/h6-9,22-23H,5,10H2,1-4H3. The van der Waals surface area contributed by atoms with E-state index in [0.717, 1.165) is 22.9 Å². The minimum Gasteiger partial charge on any atom is -0.465 e. The second kappa shape index (κ2) is 7.72. The molecule has 0 fully saturated rings. The van der Waals surface area contributed by atoms with E-state index < -0.39 is 18.5 Å². The zero-order chi connectivity index (χ0) is 20.4. The molecule has 0 spiro atoms. The molecule has 0 saturated carbocycles. The molecule has 0 atom stereocenters. The van der Waals surface area contributed by atoms with Crippen molar-refractivity contribution < 1.29 is 23.9 Å². The van der Waals surface area contributed by atoms with E-state index >= 15 is 0 Å². The SMILES string of the molecule is CCc1cccc2c(C(=O)COC(=O)c3[nH]c(C)c(C(=O)OC)c3C)c[nH]c12. The van der Waals surface area contributed by atoms with Crippen molar-refractivity contribution in [2.24, 2.45) is 0 Å². The number of aryl methyl sites for hydroxylation is 2. The zero-order valence-electron chi connectivity index (χ0n) is 16.3. The van der Waals surface area contributed by atoms with Crippen LogP contribution in [0.3, 0.4) is 0 Å². The number of fused-ring (bicyclic) bond motifs is 1. The number of hydrogen-bond donors (Lipinski definition) is 2. The van der Waals surface area contributed by atoms with Crippen LogP contribution >= 0.6 is 0 Å². The predicted molar refractivity (Wildman–Crippen MR) is 104 cm³/mol. The van der Waals surface area contributed by atoms with Crippen LogP contribution in [0, 0.1) is 13.8 Å². The van der Waals surface area contributed by atoms with Crippen LogP contribution in [0.1, 0.15) is 54.9 Å². The zero-order valence-corrected chi connectivity index (χ0v) is 16.3. The van der Waals surface area contributed by atoms with Crippen LogP contribution < -0.4 is 0 Å². The normalized spacial score (nSPS) is 10.9. The number of H-pyrrole nitrogens is 2. The minimum atomic E-state index is -0.696. The van der Waals surface area contributed by atoms with Crippen LogP contribution in [0.5, 0.6) is 0 Å². The first-order chi connectivity index (χ1) is 13.4. The van der Waals surface area contributed by atoms with Gasteiger partial charge in [0.15, 0.2) is 6.61 Å². The fourth-order valence-electron chi connectivity index (χ4n) is 3.39. The summed E-state index contributed by atoms with van der Waals surface area (Å²) in [6.45, 7) is 4.94. The maximum Gasteiger partial charge on any atom is 0.355 e. The van der Waals surface area contributed by atoms with E-state index in [4.69, 9.17) is 9.47 Å². The van der Waals surface area contributed by atoms with Crippen molar-refractivity contribution in [2.45, 2.75) is 27.2 Å². The number of ketones is 1. The smallest absolute Gasteiger partial charge is 0.355 e. The quantitative estimate of drug-likeness (QED) is 0.502. The molecule has 2 aromatic heterocycles. The van der Waals surface area contributed by atoms with Crippen LogP contribution in [0.25, 0.3) is 10.9 Å². The Balaban J connectivity index is 1.77. The summed E-state index contributed by atoms with van der Waals surface area (Å²) in [4.78, 5) is 42.8. The molecular formula is C21H22N2O5. The number of aromatic amines is 2. The number of benzene rings is 1. The van der Waals surface area contributed by atoms with Gasteiger partial charge in [0.1, 0.15) is 5.69 Å². The molecule has 3 aromatic rings. The third-order valence-electron chi connectivity index (χ3n) is 4.85. The molecule has 0 saturated heterocycles. The van der Waals surface area contributed by atoms with Crippen molar-refractivity contribution in [3.05, 3.63) is 58.0 Å². The van der Waals surface area contributed by atoms with Gasteiger partial charge in [-0.05, 0) is 31.4 Å². The highest BCUT2D eigenvalue weighted by Crippen LogP contribution is 2.23. The lowest BCUT2D eigenvalue weighted by atomic mass is 10.1. The first-order valence-corrected chi connectivity index (χ1v) is 8.95. The Morgan fingerprint density at radius 3 is 2.54 bits per heavy atom. The molecule has 146 valence electrons. The van der Waals surface area contributed by atoms with Gasteiger partial charge in [-0.3, -0.25) is 4.79 Å². The first-order valence-electron chi connectivity index (χ1n) is 8.95. The van der Waals surface area contributed by atoms with Gasteiger partial charge in [-0.15, -0.1) is 0 Å². The lowest BCUT2D eigenvalue weighted by Gasteiger charge is -2.04. The Kier molecular flexibility index (Phi) is 5.35. The molecule has 0 aliphatic rings.